The Bertz CT molecular complexity index is 2220. The molecule has 7 heterocycles. The Labute approximate surface area is 371 Å². The van der Waals surface area contributed by atoms with Crippen molar-refractivity contribution in [1.29, 1.82) is 0 Å². The smallest absolute Gasteiger partial charge is 0.337 e. The Kier molecular flexibility index (Phi) is 19.0. The number of nitrogens with zero attached hydrogens (tertiary/aromatic N) is 6. The molecule has 1 fully saturated rings. The number of methoxy groups -OCH3 is 4. The maximum absolute atomic E-state index is 11.5. The van der Waals surface area contributed by atoms with Crippen LogP contribution in [0, 0.1) is 6.92 Å². The van der Waals surface area contributed by atoms with E-state index in [1.165, 1.54) is 64.4 Å². The summed E-state index contributed by atoms with van der Waals surface area (Å²) in [6, 6.07) is 20.6. The number of hydrogen-bond donors (Lipinski definition) is 0. The van der Waals surface area contributed by atoms with Crippen LogP contribution in [0.2, 0.25) is 0 Å². The topological polar surface area (TPSA) is 201 Å². The Morgan fingerprint density at radius 3 is 1.18 bits per heavy atom. The molecule has 0 aliphatic carbocycles. The van der Waals surface area contributed by atoms with Crippen LogP contribution in [-0.2, 0) is 54.6 Å². The Hall–Kier alpha value is -6.66. The summed E-state index contributed by atoms with van der Waals surface area (Å²) in [6.45, 7) is 3.52. The molecule has 0 aromatic carbocycles. The summed E-state index contributed by atoms with van der Waals surface area (Å²) in [5.41, 5.74) is 7.68. The van der Waals surface area contributed by atoms with E-state index in [2.05, 4.69) is 74.0 Å². The third-order valence-corrected chi connectivity index (χ3v) is 8.85. The number of pyridine rings is 6. The molecule has 1 aliphatic heterocycles. The molecule has 0 spiro atoms. The summed E-state index contributed by atoms with van der Waals surface area (Å²) < 4.78 is 29.5. The molecule has 322 valence electrons. The Morgan fingerprint density at radius 2 is 0.823 bits per heavy atom. The number of carbonyl (C=O) groups is 4. The second-order valence-corrected chi connectivity index (χ2v) is 13.0. The third-order valence-electron chi connectivity index (χ3n) is 8.85. The van der Waals surface area contributed by atoms with Gasteiger partial charge >= 0.3 is 23.9 Å². The monoisotopic (exact) mass is 1020 g/mol. The van der Waals surface area contributed by atoms with Crippen LogP contribution in [-0.4, -0.2) is 102 Å². The molecule has 0 unspecified atom stereocenters. The molecule has 7 rings (SSSR count). The van der Waals surface area contributed by atoms with Crippen molar-refractivity contribution in [2.24, 2.45) is 0 Å². The van der Waals surface area contributed by atoms with Gasteiger partial charge in [-0.15, -0.1) is 0 Å². The average molecular weight is 1020 g/mol. The van der Waals surface area contributed by atoms with Gasteiger partial charge in [0.1, 0.15) is 0 Å². The number of hydrogen-bond acceptors (Lipinski definition) is 16. The van der Waals surface area contributed by atoms with E-state index >= 15 is 0 Å². The normalized spacial score (nSPS) is 11.6. The van der Waals surface area contributed by atoms with Crippen LogP contribution in [0.25, 0.3) is 34.2 Å². The van der Waals surface area contributed by atoms with Gasteiger partial charge in [-0.05, 0) is 110 Å². The van der Waals surface area contributed by atoms with Gasteiger partial charge in [0.15, 0.2) is 6.29 Å². The molecule has 16 nitrogen and oxygen atoms in total. The maximum Gasteiger partial charge on any atom is 0.337 e. The summed E-state index contributed by atoms with van der Waals surface area (Å²) in [5.74, 6) is -1.84. The molecular weight excluding hydrogens is 975 g/mol. The van der Waals surface area contributed by atoms with E-state index in [1.807, 2.05) is 18.5 Å². The van der Waals surface area contributed by atoms with E-state index in [0.717, 1.165) is 43.9 Å². The predicted octanol–water partition coefficient (Wildman–Crippen LogP) is 6.58. The van der Waals surface area contributed by atoms with Gasteiger partial charge in [0.05, 0.1) is 98.1 Å². The van der Waals surface area contributed by atoms with Crippen molar-refractivity contribution in [3.8, 4) is 34.2 Å². The zero-order valence-corrected chi connectivity index (χ0v) is 37.2. The fraction of sp³-hybridized carbons (Fsp3) is 0.244. The van der Waals surface area contributed by atoms with E-state index in [1.54, 1.807) is 48.5 Å². The minimum absolute atomic E-state index is 0. The number of aromatic nitrogens is 6. The third kappa shape index (κ3) is 13.9. The summed E-state index contributed by atoms with van der Waals surface area (Å²) in [7, 11) is 5.22. The van der Waals surface area contributed by atoms with Gasteiger partial charge in [0, 0.05) is 57.0 Å². The summed E-state index contributed by atoms with van der Waals surface area (Å²) in [5, 5.41) is 0. The number of esters is 4. The molecule has 6 aromatic rings. The van der Waals surface area contributed by atoms with E-state index in [0.29, 0.717) is 45.0 Å². The first-order valence-electron chi connectivity index (χ1n) is 18.9. The van der Waals surface area contributed by atoms with E-state index in [4.69, 9.17) is 9.47 Å². The van der Waals surface area contributed by atoms with Crippen LogP contribution in [0.4, 0.5) is 0 Å². The van der Waals surface area contributed by atoms with Gasteiger partial charge in [0.2, 0.25) is 0 Å². The van der Waals surface area contributed by atoms with Gasteiger partial charge in [-0.3, -0.25) is 29.9 Å². The zero-order chi connectivity index (χ0) is 43.6. The first kappa shape index (κ1) is 48.0. The van der Waals surface area contributed by atoms with Crippen LogP contribution < -0.4 is 0 Å². The molecule has 0 saturated carbocycles. The number of aryl methyl sites for hydroxylation is 2. The quantitative estimate of drug-likeness (QED) is 0.0995. The summed E-state index contributed by atoms with van der Waals surface area (Å²) in [4.78, 5) is 71.2. The molecule has 0 radical (unpaired) electrons. The first-order chi connectivity index (χ1) is 29.6. The van der Waals surface area contributed by atoms with Crippen LogP contribution in [0.1, 0.15) is 65.4 Å². The zero-order valence-electron chi connectivity index (χ0n) is 34.6. The van der Waals surface area contributed by atoms with Crippen molar-refractivity contribution in [3.63, 3.8) is 0 Å². The molecular formula is C45H44N6O10Os. The van der Waals surface area contributed by atoms with Gasteiger partial charge in [-0.25, -0.2) is 19.2 Å². The van der Waals surface area contributed by atoms with Gasteiger partial charge < -0.3 is 28.4 Å². The van der Waals surface area contributed by atoms with Gasteiger partial charge in [-0.1, -0.05) is 0 Å². The van der Waals surface area contributed by atoms with Crippen LogP contribution >= 0.6 is 0 Å². The largest absolute Gasteiger partial charge is 0.465 e. The summed E-state index contributed by atoms with van der Waals surface area (Å²) >= 11 is 0. The molecule has 62 heavy (non-hydrogen) atoms. The molecule has 1 aliphatic rings. The number of carbonyl (C=O) groups excluding carboxylic acids is 4. The molecule has 0 atom stereocenters. The van der Waals surface area contributed by atoms with Crippen molar-refractivity contribution >= 4 is 23.9 Å². The molecule has 0 bridgehead atoms. The second kappa shape index (κ2) is 24.6. The van der Waals surface area contributed by atoms with E-state index < -0.39 is 23.9 Å². The second-order valence-electron chi connectivity index (χ2n) is 13.0. The number of ether oxygens (including phenoxy) is 6. The molecule has 6 aromatic heterocycles. The van der Waals surface area contributed by atoms with Crippen molar-refractivity contribution < 1.29 is 67.4 Å². The molecule has 0 amide bonds. The fourth-order valence-corrected chi connectivity index (χ4v) is 5.75. The van der Waals surface area contributed by atoms with Crippen molar-refractivity contribution in [2.45, 2.75) is 32.5 Å². The van der Waals surface area contributed by atoms with Crippen molar-refractivity contribution in [3.05, 3.63) is 143 Å². The standard InChI is InChI=1S/C17H20N2O2.2C14H12N2O4.Os/c1-13-5-7-18-15(11-13)16-12-14(6-8-19-16)3-2-4-17-20-9-10-21-17;2*1-19-13(17)9-3-5-15-11(7-9)12-8-10(4-6-16-12)14(18)20-2;/h5-8,11-12,17H,2-4,9-10H2,1H3;2*3-8H,1-2H3;. The Morgan fingerprint density at radius 1 is 0.500 bits per heavy atom. The van der Waals surface area contributed by atoms with Crippen LogP contribution in [0.3, 0.4) is 0 Å². The SMILES string of the molecule is COC(=O)c1ccnc(-c2cc(C(=O)OC)ccn2)c1.COC(=O)c1ccnc(-c2cc(C(=O)OC)ccn2)c1.Cc1ccnc(-c2cc(CCCC3OCCO3)ccn2)c1.[Os]. The Balaban J connectivity index is 0.000000203. The molecule has 1 saturated heterocycles. The van der Waals surface area contributed by atoms with Gasteiger partial charge in [0.25, 0.3) is 0 Å². The van der Waals surface area contributed by atoms with Crippen LogP contribution in [0.15, 0.2) is 110 Å². The minimum atomic E-state index is -0.460. The molecule has 0 N–H and O–H groups in total. The van der Waals surface area contributed by atoms with E-state index in [-0.39, 0.29) is 26.1 Å². The van der Waals surface area contributed by atoms with E-state index in [9.17, 15) is 19.2 Å². The van der Waals surface area contributed by atoms with Crippen molar-refractivity contribution in [1.82, 2.24) is 29.9 Å². The van der Waals surface area contributed by atoms with Gasteiger partial charge in [-0.2, -0.15) is 0 Å². The number of rotatable bonds is 11. The van der Waals surface area contributed by atoms with Crippen molar-refractivity contribution in [2.75, 3.05) is 41.7 Å². The maximum atomic E-state index is 11.5. The minimum Gasteiger partial charge on any atom is -0.465 e. The summed E-state index contributed by atoms with van der Waals surface area (Å²) in [6.07, 6.45) is 12.6. The average Bonchev–Trinajstić information content (AvgIpc) is 3.85. The predicted molar refractivity (Wildman–Crippen MR) is 221 cm³/mol. The van der Waals surface area contributed by atoms with Crippen LogP contribution in [0.5, 0.6) is 0 Å². The molecule has 17 heteroatoms. The first-order valence-corrected chi connectivity index (χ1v) is 18.9. The fourth-order valence-electron chi connectivity index (χ4n) is 5.75.